The fourth-order valence-corrected chi connectivity index (χ4v) is 4.52. The number of benzene rings is 2. The molecule has 10 heteroatoms. The lowest BCUT2D eigenvalue weighted by atomic mass is 10.2. The van der Waals surface area contributed by atoms with Gasteiger partial charge in [0, 0.05) is 25.1 Å². The molecule has 0 amide bonds. The molecule has 9 nitrogen and oxygen atoms in total. The largest absolute Gasteiger partial charge is 0.497 e. The van der Waals surface area contributed by atoms with Gasteiger partial charge in [0.05, 0.1) is 37.8 Å². The molecule has 0 fully saturated rings. The van der Waals surface area contributed by atoms with E-state index in [0.717, 1.165) is 28.3 Å². The lowest BCUT2D eigenvalue weighted by Crippen LogP contribution is -2.36. The monoisotopic (exact) mass is 501 g/mol. The maximum atomic E-state index is 11.2. The molecule has 2 aromatic carbocycles. The van der Waals surface area contributed by atoms with E-state index in [0.29, 0.717) is 36.2 Å². The van der Waals surface area contributed by atoms with Gasteiger partial charge in [-0.3, -0.25) is 4.55 Å². The van der Waals surface area contributed by atoms with Gasteiger partial charge in [0.25, 0.3) is 15.6 Å². The number of allylic oxidation sites excluding steroid dienone is 2. The van der Waals surface area contributed by atoms with Crippen LogP contribution in [0.15, 0.2) is 58.3 Å². The second kappa shape index (κ2) is 10.0. The number of oxazole rings is 1. The van der Waals surface area contributed by atoms with E-state index in [-0.39, 0.29) is 12.2 Å². The Labute approximate surface area is 204 Å². The summed E-state index contributed by atoms with van der Waals surface area (Å²) in [5.74, 6) is 3.04. The van der Waals surface area contributed by atoms with Gasteiger partial charge in [0.2, 0.25) is 11.5 Å². The summed E-state index contributed by atoms with van der Waals surface area (Å²) in [7, 11) is -0.850. The average Bonchev–Trinajstić information content (AvgIpc) is 3.33. The Balaban J connectivity index is 1.69. The predicted octanol–water partition coefficient (Wildman–Crippen LogP) is 4.18. The smallest absolute Gasteiger partial charge is 0.374 e. The molecule has 1 aliphatic rings. The van der Waals surface area contributed by atoms with E-state index in [1.807, 2.05) is 60.9 Å². The first-order valence-electron chi connectivity index (χ1n) is 11.2. The highest BCUT2D eigenvalue weighted by Gasteiger charge is 2.26. The van der Waals surface area contributed by atoms with Crippen LogP contribution in [-0.4, -0.2) is 39.5 Å². The minimum atomic E-state index is -4.06. The van der Waals surface area contributed by atoms with Gasteiger partial charge in [-0.15, -0.1) is 0 Å². The van der Waals surface area contributed by atoms with Crippen molar-refractivity contribution in [3.8, 4) is 17.2 Å². The van der Waals surface area contributed by atoms with Crippen molar-refractivity contribution in [1.82, 2.24) is 0 Å². The number of hydrogen-bond donors (Lipinski definition) is 1. The molecule has 186 valence electrons. The molecule has 3 aromatic rings. The Kier molecular flexibility index (Phi) is 7.04. The van der Waals surface area contributed by atoms with E-state index in [2.05, 4.69) is 4.90 Å². The number of ether oxygens (including phenoxy) is 3. The number of aryl methyl sites for hydroxylation is 1. The molecule has 1 aromatic heterocycles. The van der Waals surface area contributed by atoms with Crippen molar-refractivity contribution in [3.05, 3.63) is 59.8 Å². The van der Waals surface area contributed by atoms with Crippen LogP contribution in [-0.2, 0) is 16.7 Å². The van der Waals surface area contributed by atoms with Crippen molar-refractivity contribution in [2.24, 2.45) is 0 Å². The van der Waals surface area contributed by atoms with E-state index < -0.39 is 10.1 Å². The first-order chi connectivity index (χ1) is 16.7. The third-order valence-electron chi connectivity index (χ3n) is 5.68. The molecule has 0 bridgehead atoms. The summed E-state index contributed by atoms with van der Waals surface area (Å²) in [5, 5.41) is 0. The quantitative estimate of drug-likeness (QED) is 0.344. The zero-order valence-electron chi connectivity index (χ0n) is 20.1. The van der Waals surface area contributed by atoms with Gasteiger partial charge >= 0.3 is 5.89 Å². The molecular weight excluding hydrogens is 472 g/mol. The average molecular weight is 502 g/mol. The molecular formula is C25H29N2O7S+. The van der Waals surface area contributed by atoms with Crippen molar-refractivity contribution < 1.29 is 36.2 Å². The molecule has 0 radical (unpaired) electrons. The molecule has 1 aliphatic heterocycles. The summed E-state index contributed by atoms with van der Waals surface area (Å²) in [5.41, 5.74) is 3.20. The van der Waals surface area contributed by atoms with Crippen LogP contribution in [0.1, 0.15) is 26.2 Å². The Morgan fingerprint density at radius 3 is 2.54 bits per heavy atom. The van der Waals surface area contributed by atoms with Crippen LogP contribution in [0.4, 0.5) is 5.69 Å². The fourth-order valence-electron chi connectivity index (χ4n) is 4.02. The maximum absolute atomic E-state index is 11.2. The molecule has 0 atom stereocenters. The van der Waals surface area contributed by atoms with Crippen LogP contribution in [0.3, 0.4) is 0 Å². The molecule has 0 unspecified atom stereocenters. The van der Waals surface area contributed by atoms with Crippen LogP contribution in [0, 0.1) is 0 Å². The highest BCUT2D eigenvalue weighted by Crippen LogP contribution is 2.41. The maximum Gasteiger partial charge on any atom is 0.374 e. The minimum absolute atomic E-state index is 0.222. The van der Waals surface area contributed by atoms with Gasteiger partial charge in [-0.1, -0.05) is 0 Å². The van der Waals surface area contributed by atoms with Gasteiger partial charge in [-0.05, 0) is 43.7 Å². The highest BCUT2D eigenvalue weighted by molar-refractivity contribution is 7.85. The lowest BCUT2D eigenvalue weighted by Gasteiger charge is -2.16. The Bertz CT molecular complexity index is 1410. The number of methoxy groups -OCH3 is 2. The number of nitrogens with zero attached hydrogens (tertiary/aromatic N) is 2. The molecule has 2 heterocycles. The minimum Gasteiger partial charge on any atom is -0.497 e. The highest BCUT2D eigenvalue weighted by atomic mass is 32.2. The Morgan fingerprint density at radius 1 is 1.14 bits per heavy atom. The van der Waals surface area contributed by atoms with Crippen molar-refractivity contribution in [1.29, 1.82) is 0 Å². The molecule has 0 aliphatic carbocycles. The van der Waals surface area contributed by atoms with Gasteiger partial charge in [-0.2, -0.15) is 13.0 Å². The summed E-state index contributed by atoms with van der Waals surface area (Å²) >= 11 is 0. The first-order valence-corrected chi connectivity index (χ1v) is 12.8. The van der Waals surface area contributed by atoms with Crippen LogP contribution < -0.4 is 23.7 Å². The Morgan fingerprint density at radius 2 is 1.86 bits per heavy atom. The predicted molar refractivity (Wildman–Crippen MR) is 132 cm³/mol. The summed E-state index contributed by atoms with van der Waals surface area (Å²) in [4.78, 5) is 2.05. The van der Waals surface area contributed by atoms with E-state index in [9.17, 15) is 8.42 Å². The van der Waals surface area contributed by atoms with Gasteiger partial charge in [0.1, 0.15) is 11.5 Å². The molecule has 0 saturated heterocycles. The summed E-state index contributed by atoms with van der Waals surface area (Å²) in [6.45, 7) is 5.02. The Hall–Kier alpha value is -3.50. The molecule has 0 saturated carbocycles. The van der Waals surface area contributed by atoms with Crippen molar-refractivity contribution in [2.75, 3.05) is 31.4 Å². The normalized spacial score (nSPS) is 14.9. The SMILES string of the molecule is CCN1C(=CC(C)=Cc2oc3ccc(OC)cc3[n+]2CCCS(=O)(=O)O)Oc2ccc(OC)cc21. The van der Waals surface area contributed by atoms with E-state index >= 15 is 0 Å². The number of rotatable bonds is 9. The number of fused-ring (bicyclic) bond motifs is 2. The first kappa shape index (κ1) is 24.6. The van der Waals surface area contributed by atoms with Crippen molar-refractivity contribution in [3.63, 3.8) is 0 Å². The zero-order chi connectivity index (χ0) is 25.2. The topological polar surface area (TPSA) is 102 Å². The summed E-state index contributed by atoms with van der Waals surface area (Å²) < 4.78 is 56.3. The molecule has 4 rings (SSSR count). The lowest BCUT2D eigenvalue weighted by molar-refractivity contribution is -0.677. The van der Waals surface area contributed by atoms with Gasteiger partial charge < -0.3 is 23.5 Å². The molecule has 1 N–H and O–H groups in total. The van der Waals surface area contributed by atoms with E-state index in [1.165, 1.54) is 0 Å². The summed E-state index contributed by atoms with van der Waals surface area (Å²) in [6.07, 6.45) is 4.01. The third kappa shape index (κ3) is 5.44. The second-order valence-electron chi connectivity index (χ2n) is 8.12. The van der Waals surface area contributed by atoms with Gasteiger partial charge in [-0.25, -0.2) is 0 Å². The zero-order valence-corrected chi connectivity index (χ0v) is 21.0. The van der Waals surface area contributed by atoms with Crippen molar-refractivity contribution >= 4 is 33.0 Å². The van der Waals surface area contributed by atoms with Crippen molar-refractivity contribution in [2.45, 2.75) is 26.8 Å². The van der Waals surface area contributed by atoms with E-state index in [1.54, 1.807) is 20.3 Å². The number of anilines is 1. The molecule has 0 spiro atoms. The number of hydrogen-bond acceptors (Lipinski definition) is 7. The van der Waals surface area contributed by atoms with Crippen LogP contribution in [0.5, 0.6) is 17.2 Å². The standard InChI is InChI=1S/C25H28N2O7S/c1-5-26-20-15-18(31-3)7-9-22(20)33-24(26)13-17(2)14-25-27(11-6-12-35(28,29)30)21-16-19(32-4)8-10-23(21)34-25/h7-10,13-16H,5-6,11-12H2,1-4H3/p+1. The van der Waals surface area contributed by atoms with Crippen LogP contribution in [0.25, 0.3) is 17.2 Å². The van der Waals surface area contributed by atoms with Crippen LogP contribution in [0.2, 0.25) is 0 Å². The molecule has 35 heavy (non-hydrogen) atoms. The summed E-state index contributed by atoms with van der Waals surface area (Å²) in [6, 6.07) is 11.1. The van der Waals surface area contributed by atoms with Gasteiger partial charge in [0.15, 0.2) is 12.3 Å². The number of aromatic nitrogens is 1. The van der Waals surface area contributed by atoms with Crippen LogP contribution >= 0.6 is 0 Å². The third-order valence-corrected chi connectivity index (χ3v) is 6.48. The van der Waals surface area contributed by atoms with E-state index in [4.69, 9.17) is 23.2 Å². The second-order valence-corrected chi connectivity index (χ2v) is 9.69. The fraction of sp³-hybridized carbons (Fsp3) is 0.320.